The number of aromatic nitrogens is 3. The highest BCUT2D eigenvalue weighted by Crippen LogP contribution is 2.55. The van der Waals surface area contributed by atoms with Crippen LogP contribution in [0.2, 0.25) is 0 Å². The quantitative estimate of drug-likeness (QED) is 0.204. The van der Waals surface area contributed by atoms with Crippen LogP contribution in [0.5, 0.6) is 0 Å². The van der Waals surface area contributed by atoms with Gasteiger partial charge in [0, 0.05) is 56.2 Å². The molecular weight excluding hydrogens is 558 g/mol. The van der Waals surface area contributed by atoms with Crippen LogP contribution in [0.1, 0.15) is 59.8 Å². The Balaban J connectivity index is 1.15. The first kappa shape index (κ1) is 27.1. The van der Waals surface area contributed by atoms with Gasteiger partial charge in [-0.15, -0.1) is 0 Å². The molecule has 0 spiro atoms. The van der Waals surface area contributed by atoms with Crippen LogP contribution in [0.3, 0.4) is 0 Å². The number of rotatable bonds is 4. The van der Waals surface area contributed by atoms with Crippen molar-refractivity contribution < 1.29 is 0 Å². The van der Waals surface area contributed by atoms with E-state index in [0.29, 0.717) is 5.92 Å². The normalized spacial score (nSPS) is 17.1. The van der Waals surface area contributed by atoms with Crippen molar-refractivity contribution in [1.29, 1.82) is 0 Å². The van der Waals surface area contributed by atoms with Gasteiger partial charge < -0.3 is 4.57 Å². The van der Waals surface area contributed by atoms with E-state index in [-0.39, 0.29) is 5.41 Å². The third-order valence-electron chi connectivity index (χ3n) is 10.3. The maximum atomic E-state index is 5.07. The van der Waals surface area contributed by atoms with Crippen molar-refractivity contribution in [2.45, 2.75) is 44.4 Å². The molecule has 0 radical (unpaired) electrons. The molecule has 1 atom stereocenters. The molecule has 0 saturated carbocycles. The summed E-state index contributed by atoms with van der Waals surface area (Å²) in [4.78, 5) is 10.0. The first-order chi connectivity index (χ1) is 22.6. The Labute approximate surface area is 270 Å². The van der Waals surface area contributed by atoms with Gasteiger partial charge in [0.1, 0.15) is 0 Å². The number of nitrogens with zero attached hydrogens (tertiary/aromatic N) is 3. The van der Waals surface area contributed by atoms with Crippen LogP contribution in [0.25, 0.3) is 51.7 Å². The maximum absolute atomic E-state index is 5.07. The van der Waals surface area contributed by atoms with E-state index >= 15 is 0 Å². The topological polar surface area (TPSA) is 30.7 Å². The lowest BCUT2D eigenvalue weighted by molar-refractivity contribution is 0.608. The molecule has 2 heterocycles. The van der Waals surface area contributed by atoms with Crippen molar-refractivity contribution in [2.75, 3.05) is 0 Å². The summed E-state index contributed by atoms with van der Waals surface area (Å²) in [6.45, 7) is 4.81. The monoisotopic (exact) mass is 593 g/mol. The molecule has 46 heavy (non-hydrogen) atoms. The minimum absolute atomic E-state index is 0.0444. The molecule has 0 amide bonds. The van der Waals surface area contributed by atoms with Gasteiger partial charge in [-0.3, -0.25) is 0 Å². The maximum Gasteiger partial charge on any atom is 0.160 e. The number of hydrogen-bond donors (Lipinski definition) is 0. The fourth-order valence-electron chi connectivity index (χ4n) is 8.07. The lowest BCUT2D eigenvalue weighted by Crippen LogP contribution is -2.20. The van der Waals surface area contributed by atoms with Gasteiger partial charge in [-0.2, -0.15) is 0 Å². The third kappa shape index (κ3) is 4.19. The van der Waals surface area contributed by atoms with Crippen LogP contribution >= 0.6 is 0 Å². The first-order valence-corrected chi connectivity index (χ1v) is 16.4. The van der Waals surface area contributed by atoms with Crippen LogP contribution in [0, 0.1) is 0 Å². The largest absolute Gasteiger partial charge is 0.317 e. The predicted octanol–water partition coefficient (Wildman–Crippen LogP) is 10.2. The summed E-state index contributed by atoms with van der Waals surface area (Å²) >= 11 is 0. The molecule has 222 valence electrons. The molecule has 3 aliphatic carbocycles. The van der Waals surface area contributed by atoms with Crippen molar-refractivity contribution in [1.82, 2.24) is 14.5 Å². The van der Waals surface area contributed by atoms with E-state index in [1.165, 1.54) is 39.3 Å². The number of fused-ring (bicyclic) bond motifs is 6. The standard InChI is InChI=1S/C43H35N3/c1-43(2)36-19-11-9-17-32(36)34-26-41-35(25-37(34)43)33-18-10-12-20-40(33)46(41)31-23-21-29(22-24-31)39-27-38(28-13-5-3-6-14-28)44-42(45-39)30-15-7-4-8-16-30/h3-11,13-19,21-25,27,34H,12,20,26H2,1-2H3. The highest BCUT2D eigenvalue weighted by atomic mass is 15.0. The molecule has 0 fully saturated rings. The Kier molecular flexibility index (Phi) is 6.11. The number of hydrogen-bond acceptors (Lipinski definition) is 2. The summed E-state index contributed by atoms with van der Waals surface area (Å²) in [7, 11) is 0. The highest BCUT2D eigenvalue weighted by molar-refractivity contribution is 5.79. The zero-order valence-electron chi connectivity index (χ0n) is 26.2. The second kappa shape index (κ2) is 10.4. The molecule has 0 bridgehead atoms. The minimum Gasteiger partial charge on any atom is -0.317 e. The summed E-state index contributed by atoms with van der Waals surface area (Å²) in [5, 5.41) is 0. The van der Waals surface area contributed by atoms with Crippen molar-refractivity contribution >= 4 is 12.2 Å². The zero-order valence-corrected chi connectivity index (χ0v) is 26.2. The van der Waals surface area contributed by atoms with Crippen molar-refractivity contribution in [2.24, 2.45) is 0 Å². The van der Waals surface area contributed by atoms with Gasteiger partial charge >= 0.3 is 0 Å². The molecule has 0 saturated heterocycles. The SMILES string of the molecule is CC1(C)C2=Cc3c4c(n(-c5ccc(-c6cc(-c7ccccc7)nc(-c7ccccc7)n6)cc5)c3CC2c2ccccc21)CCC=C4. The van der Waals surface area contributed by atoms with Crippen molar-refractivity contribution in [3.05, 3.63) is 161 Å². The van der Waals surface area contributed by atoms with Crippen LogP contribution < -0.4 is 0 Å². The third-order valence-corrected chi connectivity index (χ3v) is 10.3. The van der Waals surface area contributed by atoms with Gasteiger partial charge in [-0.25, -0.2) is 9.97 Å². The van der Waals surface area contributed by atoms with E-state index in [2.05, 4.69) is 128 Å². The van der Waals surface area contributed by atoms with Gasteiger partial charge in [0.15, 0.2) is 5.82 Å². The average Bonchev–Trinajstić information content (AvgIpc) is 3.56. The highest BCUT2D eigenvalue weighted by Gasteiger charge is 2.44. The van der Waals surface area contributed by atoms with E-state index in [9.17, 15) is 0 Å². The minimum atomic E-state index is 0.0444. The lowest BCUT2D eigenvalue weighted by atomic mass is 9.76. The Morgan fingerprint density at radius 1 is 0.674 bits per heavy atom. The van der Waals surface area contributed by atoms with Crippen LogP contribution in [0.15, 0.2) is 127 Å². The molecule has 2 aromatic heterocycles. The summed E-state index contributed by atoms with van der Waals surface area (Å²) in [6, 6.07) is 40.9. The molecule has 9 rings (SSSR count). The number of benzene rings is 4. The molecular formula is C43H35N3. The van der Waals surface area contributed by atoms with Gasteiger partial charge in [0.05, 0.1) is 11.4 Å². The summed E-state index contributed by atoms with van der Waals surface area (Å²) in [5.41, 5.74) is 16.5. The fourth-order valence-corrected chi connectivity index (χ4v) is 8.07. The Hall–Kier alpha value is -5.28. The molecule has 4 aromatic carbocycles. The van der Waals surface area contributed by atoms with Gasteiger partial charge in [0.25, 0.3) is 0 Å². The van der Waals surface area contributed by atoms with Gasteiger partial charge in [-0.1, -0.05) is 135 Å². The summed E-state index contributed by atoms with van der Waals surface area (Å²) in [5.74, 6) is 1.16. The van der Waals surface area contributed by atoms with E-state index < -0.39 is 0 Å². The van der Waals surface area contributed by atoms with Crippen molar-refractivity contribution in [3.63, 3.8) is 0 Å². The molecule has 0 aliphatic heterocycles. The van der Waals surface area contributed by atoms with E-state index in [1.807, 2.05) is 24.3 Å². The predicted molar refractivity (Wildman–Crippen MR) is 189 cm³/mol. The Bertz CT molecular complexity index is 2120. The number of allylic oxidation sites excluding steroid dienone is 2. The second-order valence-electron chi connectivity index (χ2n) is 13.3. The summed E-state index contributed by atoms with van der Waals surface area (Å²) < 4.78 is 2.57. The van der Waals surface area contributed by atoms with Crippen molar-refractivity contribution in [3.8, 4) is 39.6 Å². The first-order valence-electron chi connectivity index (χ1n) is 16.4. The van der Waals surface area contributed by atoms with E-state index in [1.54, 1.807) is 5.57 Å². The zero-order chi connectivity index (χ0) is 30.8. The average molecular weight is 594 g/mol. The lowest BCUT2D eigenvalue weighted by Gasteiger charge is -2.28. The smallest absolute Gasteiger partial charge is 0.160 e. The Morgan fingerprint density at radius 2 is 1.33 bits per heavy atom. The van der Waals surface area contributed by atoms with Crippen LogP contribution in [-0.4, -0.2) is 14.5 Å². The van der Waals surface area contributed by atoms with E-state index in [0.717, 1.165) is 53.2 Å². The second-order valence-corrected chi connectivity index (χ2v) is 13.3. The molecule has 0 N–H and O–H groups in total. The molecule has 6 aromatic rings. The van der Waals surface area contributed by atoms with E-state index in [4.69, 9.17) is 9.97 Å². The van der Waals surface area contributed by atoms with Gasteiger partial charge in [-0.05, 0) is 48.6 Å². The Morgan fingerprint density at radius 3 is 2.07 bits per heavy atom. The van der Waals surface area contributed by atoms with Crippen LogP contribution in [-0.2, 0) is 18.3 Å². The van der Waals surface area contributed by atoms with Gasteiger partial charge in [0.2, 0.25) is 0 Å². The molecule has 3 heteroatoms. The molecule has 3 aliphatic rings. The molecule has 3 nitrogen and oxygen atoms in total. The van der Waals surface area contributed by atoms with Crippen LogP contribution in [0.4, 0.5) is 0 Å². The fraction of sp³-hybridized carbons (Fsp3) is 0.163. The molecule has 1 unspecified atom stereocenters. The summed E-state index contributed by atoms with van der Waals surface area (Å²) in [6.07, 6.45) is 10.4.